The maximum absolute atomic E-state index is 13.3. The van der Waals surface area contributed by atoms with E-state index in [1.165, 1.54) is 25.3 Å². The first-order valence-corrected chi connectivity index (χ1v) is 7.13. The average Bonchev–Trinajstić information content (AvgIpc) is 2.82. The van der Waals surface area contributed by atoms with Gasteiger partial charge in [-0.3, -0.25) is 0 Å². The number of hydrogen-bond acceptors (Lipinski definition) is 1. The molecule has 1 saturated carbocycles. The van der Waals surface area contributed by atoms with Crippen LogP contribution in [0.3, 0.4) is 0 Å². The minimum atomic E-state index is -0.212. The maximum Gasteiger partial charge on any atom is 0.196 e. The normalized spacial score (nSPS) is 20.7. The van der Waals surface area contributed by atoms with Gasteiger partial charge in [-0.25, -0.2) is 9.38 Å². The number of aliphatic imine (C=N–C) groups is 1. The average molecular weight is 261 g/mol. The van der Waals surface area contributed by atoms with Gasteiger partial charge >= 0.3 is 0 Å². The van der Waals surface area contributed by atoms with Crippen LogP contribution in [0.25, 0.3) is 0 Å². The molecular weight excluding hydrogens is 241 g/mol. The first-order chi connectivity index (χ1) is 9.24. The summed E-state index contributed by atoms with van der Waals surface area (Å²) in [6, 6.07) is 5.27. The number of fused-ring (bicyclic) bond motifs is 1. The van der Waals surface area contributed by atoms with Crippen LogP contribution in [0.5, 0.6) is 0 Å². The summed E-state index contributed by atoms with van der Waals surface area (Å²) in [7, 11) is 0. The van der Waals surface area contributed by atoms with Gasteiger partial charge in [-0.05, 0) is 37.0 Å². The molecule has 2 aliphatic rings. The summed E-state index contributed by atoms with van der Waals surface area (Å²) in [6.45, 7) is 0.806. The van der Waals surface area contributed by atoms with Gasteiger partial charge in [-0.2, -0.15) is 0 Å². The Hall–Kier alpha value is -1.58. The van der Waals surface area contributed by atoms with Gasteiger partial charge in [0.05, 0.1) is 6.04 Å². The molecule has 0 atom stereocenters. The quantitative estimate of drug-likeness (QED) is 0.624. The third-order valence-electron chi connectivity index (χ3n) is 4.11. The fourth-order valence-corrected chi connectivity index (χ4v) is 3.06. The molecule has 0 amide bonds. The Morgan fingerprint density at radius 1 is 1.26 bits per heavy atom. The highest BCUT2D eigenvalue weighted by Gasteiger charge is 2.23. The number of anilines is 1. The molecule has 0 bridgehead atoms. The van der Waals surface area contributed by atoms with Gasteiger partial charge in [-0.15, -0.1) is 0 Å². The fourth-order valence-electron chi connectivity index (χ4n) is 3.06. The number of benzene rings is 1. The molecule has 1 aliphatic carbocycles. The third kappa shape index (κ3) is 2.57. The molecule has 0 spiro atoms. The summed E-state index contributed by atoms with van der Waals surface area (Å²) in [5.74, 6) is 0.340. The lowest BCUT2D eigenvalue weighted by Crippen LogP contribution is -2.37. The van der Waals surface area contributed by atoms with Crippen molar-refractivity contribution < 1.29 is 4.39 Å². The number of halogens is 1. The van der Waals surface area contributed by atoms with Gasteiger partial charge in [0.2, 0.25) is 0 Å². The SMILES string of the molecule is NC(=NC1CCCCC1)N1CCc2ccc(F)cc21. The van der Waals surface area contributed by atoms with Crippen molar-refractivity contribution in [3.63, 3.8) is 0 Å². The molecule has 1 heterocycles. The van der Waals surface area contributed by atoms with Gasteiger partial charge in [0.1, 0.15) is 5.82 Å². The van der Waals surface area contributed by atoms with Crippen molar-refractivity contribution in [3.05, 3.63) is 29.6 Å². The van der Waals surface area contributed by atoms with E-state index in [-0.39, 0.29) is 5.82 Å². The van der Waals surface area contributed by atoms with Crippen molar-refractivity contribution in [2.45, 2.75) is 44.6 Å². The van der Waals surface area contributed by atoms with Crippen LogP contribution in [0.15, 0.2) is 23.2 Å². The predicted molar refractivity (Wildman–Crippen MR) is 75.9 cm³/mol. The zero-order chi connectivity index (χ0) is 13.2. The topological polar surface area (TPSA) is 41.6 Å². The van der Waals surface area contributed by atoms with Crippen molar-refractivity contribution in [3.8, 4) is 0 Å². The largest absolute Gasteiger partial charge is 0.370 e. The van der Waals surface area contributed by atoms with E-state index in [1.54, 1.807) is 6.07 Å². The number of nitrogens with two attached hydrogens (primary N) is 1. The Balaban J connectivity index is 1.80. The maximum atomic E-state index is 13.3. The van der Waals surface area contributed by atoms with E-state index in [1.807, 2.05) is 11.0 Å². The summed E-state index contributed by atoms with van der Waals surface area (Å²) in [6.07, 6.45) is 6.97. The van der Waals surface area contributed by atoms with E-state index in [4.69, 9.17) is 5.73 Å². The van der Waals surface area contributed by atoms with Crippen molar-refractivity contribution in [2.24, 2.45) is 10.7 Å². The molecule has 1 aliphatic heterocycles. The van der Waals surface area contributed by atoms with Crippen LogP contribution < -0.4 is 10.6 Å². The summed E-state index contributed by atoms with van der Waals surface area (Å²) in [4.78, 5) is 6.60. The van der Waals surface area contributed by atoms with Crippen molar-refractivity contribution >= 4 is 11.6 Å². The second-order valence-electron chi connectivity index (χ2n) is 5.45. The molecule has 0 aromatic heterocycles. The highest BCUT2D eigenvalue weighted by atomic mass is 19.1. The first kappa shape index (κ1) is 12.5. The molecule has 4 heteroatoms. The Labute approximate surface area is 113 Å². The molecule has 0 saturated heterocycles. The monoisotopic (exact) mass is 261 g/mol. The molecule has 19 heavy (non-hydrogen) atoms. The standard InChI is InChI=1S/C15H20FN3/c16-12-7-6-11-8-9-19(14(11)10-12)15(17)18-13-4-2-1-3-5-13/h6-7,10,13H,1-5,8-9H2,(H2,17,18). The number of nitrogens with zero attached hydrogens (tertiary/aromatic N) is 2. The highest BCUT2D eigenvalue weighted by Crippen LogP contribution is 2.29. The van der Waals surface area contributed by atoms with Gasteiger partial charge in [0.15, 0.2) is 5.96 Å². The van der Waals surface area contributed by atoms with Crippen LogP contribution >= 0.6 is 0 Å². The minimum absolute atomic E-state index is 0.212. The van der Waals surface area contributed by atoms with Crippen LogP contribution in [0, 0.1) is 5.82 Å². The lowest BCUT2D eigenvalue weighted by Gasteiger charge is -2.23. The molecule has 0 radical (unpaired) electrons. The summed E-state index contributed by atoms with van der Waals surface area (Å²) < 4.78 is 13.3. The Bertz CT molecular complexity index is 492. The van der Waals surface area contributed by atoms with Crippen LogP contribution in [0.4, 0.5) is 10.1 Å². The van der Waals surface area contributed by atoms with Crippen molar-refractivity contribution in [1.29, 1.82) is 0 Å². The van der Waals surface area contributed by atoms with Crippen LogP contribution in [0.2, 0.25) is 0 Å². The van der Waals surface area contributed by atoms with E-state index in [0.29, 0.717) is 12.0 Å². The Kier molecular flexibility index (Phi) is 3.40. The second-order valence-corrected chi connectivity index (χ2v) is 5.45. The molecule has 1 aromatic rings. The number of guanidine groups is 1. The predicted octanol–water partition coefficient (Wildman–Crippen LogP) is 2.84. The zero-order valence-electron chi connectivity index (χ0n) is 11.1. The fraction of sp³-hybridized carbons (Fsp3) is 0.533. The van der Waals surface area contributed by atoms with Crippen molar-refractivity contribution in [1.82, 2.24) is 0 Å². The van der Waals surface area contributed by atoms with Crippen LogP contribution in [-0.2, 0) is 6.42 Å². The molecule has 3 nitrogen and oxygen atoms in total. The molecule has 102 valence electrons. The molecular formula is C15H20FN3. The summed E-state index contributed by atoms with van der Waals surface area (Å²) in [5, 5.41) is 0. The lowest BCUT2D eigenvalue weighted by atomic mass is 9.96. The number of hydrogen-bond donors (Lipinski definition) is 1. The number of rotatable bonds is 1. The van der Waals surface area contributed by atoms with Gasteiger partial charge < -0.3 is 10.6 Å². The van der Waals surface area contributed by atoms with E-state index < -0.39 is 0 Å². The minimum Gasteiger partial charge on any atom is -0.370 e. The summed E-state index contributed by atoms with van der Waals surface area (Å²) >= 11 is 0. The molecule has 0 unspecified atom stereocenters. The smallest absolute Gasteiger partial charge is 0.196 e. The summed E-state index contributed by atoms with van der Waals surface area (Å²) in [5.41, 5.74) is 8.17. The molecule has 3 rings (SSSR count). The third-order valence-corrected chi connectivity index (χ3v) is 4.11. The van der Waals surface area contributed by atoms with Crippen LogP contribution in [-0.4, -0.2) is 18.5 Å². The zero-order valence-corrected chi connectivity index (χ0v) is 11.1. The lowest BCUT2D eigenvalue weighted by molar-refractivity contribution is 0.442. The second kappa shape index (κ2) is 5.19. The van der Waals surface area contributed by atoms with Crippen molar-refractivity contribution in [2.75, 3.05) is 11.4 Å². The van der Waals surface area contributed by atoms with Gasteiger partial charge in [0, 0.05) is 12.2 Å². The van der Waals surface area contributed by atoms with E-state index in [2.05, 4.69) is 4.99 Å². The molecule has 1 aromatic carbocycles. The van der Waals surface area contributed by atoms with Crippen LogP contribution in [0.1, 0.15) is 37.7 Å². The Morgan fingerprint density at radius 3 is 2.84 bits per heavy atom. The molecule has 1 fully saturated rings. The van der Waals surface area contributed by atoms with E-state index in [9.17, 15) is 4.39 Å². The highest BCUT2D eigenvalue weighted by molar-refractivity contribution is 5.96. The van der Waals surface area contributed by atoms with E-state index >= 15 is 0 Å². The Morgan fingerprint density at radius 2 is 2.05 bits per heavy atom. The van der Waals surface area contributed by atoms with E-state index in [0.717, 1.165) is 37.1 Å². The molecule has 2 N–H and O–H groups in total. The van der Waals surface area contributed by atoms with Gasteiger partial charge in [0.25, 0.3) is 0 Å². The van der Waals surface area contributed by atoms with Gasteiger partial charge in [-0.1, -0.05) is 25.3 Å². The first-order valence-electron chi connectivity index (χ1n) is 7.13.